The number of benzene rings is 1. The van der Waals surface area contributed by atoms with E-state index in [9.17, 15) is 9.50 Å². The highest BCUT2D eigenvalue weighted by molar-refractivity contribution is 6.31. The molecule has 0 amide bonds. The first-order valence-corrected chi connectivity index (χ1v) is 8.47. The summed E-state index contributed by atoms with van der Waals surface area (Å²) in [7, 11) is 1.60. The van der Waals surface area contributed by atoms with E-state index in [1.807, 2.05) is 6.92 Å². The molecule has 1 aliphatic heterocycles. The Bertz CT molecular complexity index is 495. The molecule has 0 saturated carbocycles. The average molecular weight is 345 g/mol. The van der Waals surface area contributed by atoms with E-state index in [-0.39, 0.29) is 11.9 Å². The number of nitrogens with one attached hydrogen (secondary N) is 1. The lowest BCUT2D eigenvalue weighted by Gasteiger charge is -2.35. The predicted molar refractivity (Wildman–Crippen MR) is 90.3 cm³/mol. The number of hydrogen-bond donors (Lipinski definition) is 2. The third-order valence-electron chi connectivity index (χ3n) is 4.33. The van der Waals surface area contributed by atoms with Gasteiger partial charge in [0.25, 0.3) is 0 Å². The van der Waals surface area contributed by atoms with Crippen molar-refractivity contribution in [2.24, 2.45) is 0 Å². The molecule has 0 aromatic heterocycles. The number of methoxy groups -OCH3 is 1. The summed E-state index contributed by atoms with van der Waals surface area (Å²) in [6.07, 6.45) is 1.60. The molecule has 23 heavy (non-hydrogen) atoms. The zero-order valence-electron chi connectivity index (χ0n) is 13.8. The average Bonchev–Trinajstić information content (AvgIpc) is 2.49. The Balaban J connectivity index is 1.79. The zero-order valence-corrected chi connectivity index (χ0v) is 14.5. The van der Waals surface area contributed by atoms with Gasteiger partial charge in [-0.1, -0.05) is 17.7 Å². The van der Waals surface area contributed by atoms with Crippen LogP contribution in [0.3, 0.4) is 0 Å². The zero-order chi connectivity index (χ0) is 16.8. The van der Waals surface area contributed by atoms with Gasteiger partial charge in [0.15, 0.2) is 0 Å². The number of hydrogen-bond acceptors (Lipinski definition) is 4. The first-order valence-electron chi connectivity index (χ1n) is 8.10. The molecule has 2 N–H and O–H groups in total. The van der Waals surface area contributed by atoms with Crippen LogP contribution in [0.2, 0.25) is 5.02 Å². The number of rotatable bonds is 7. The van der Waals surface area contributed by atoms with Gasteiger partial charge in [-0.25, -0.2) is 4.39 Å². The summed E-state index contributed by atoms with van der Waals surface area (Å²) >= 11 is 6.12. The summed E-state index contributed by atoms with van der Waals surface area (Å²) in [5, 5.41) is 13.8. The molecule has 1 fully saturated rings. The van der Waals surface area contributed by atoms with E-state index >= 15 is 0 Å². The third-order valence-corrected chi connectivity index (χ3v) is 4.66. The number of piperidine rings is 1. The first kappa shape index (κ1) is 18.6. The molecule has 1 heterocycles. The fourth-order valence-electron chi connectivity index (χ4n) is 3.12. The van der Waals surface area contributed by atoms with Gasteiger partial charge < -0.3 is 20.1 Å². The number of nitrogens with zero attached hydrogens (tertiary/aromatic N) is 1. The molecule has 2 atom stereocenters. The molecule has 4 nitrogen and oxygen atoms in total. The molecule has 1 aliphatic rings. The van der Waals surface area contributed by atoms with E-state index in [1.54, 1.807) is 13.2 Å². The molecule has 0 spiro atoms. The SMILES string of the molecule is COCC(O)CN1CCC(NC(C)c2ccc(F)cc2Cl)CC1. The van der Waals surface area contributed by atoms with Crippen molar-refractivity contribution in [2.75, 3.05) is 33.4 Å². The molecule has 1 saturated heterocycles. The Hall–Kier alpha value is -0.720. The van der Waals surface area contributed by atoms with Crippen LogP contribution in [0.5, 0.6) is 0 Å². The highest BCUT2D eigenvalue weighted by Gasteiger charge is 2.23. The molecular weight excluding hydrogens is 319 g/mol. The highest BCUT2D eigenvalue weighted by atomic mass is 35.5. The smallest absolute Gasteiger partial charge is 0.124 e. The van der Waals surface area contributed by atoms with Crippen molar-refractivity contribution in [2.45, 2.75) is 38.0 Å². The fourth-order valence-corrected chi connectivity index (χ4v) is 3.45. The van der Waals surface area contributed by atoms with Crippen LogP contribution in [0.4, 0.5) is 4.39 Å². The van der Waals surface area contributed by atoms with Gasteiger partial charge >= 0.3 is 0 Å². The summed E-state index contributed by atoms with van der Waals surface area (Å²) in [6, 6.07) is 5.03. The standard InChI is InChI=1S/C17H26ClFN2O2/c1-12(16-4-3-13(19)9-17(16)18)20-14-5-7-21(8-6-14)10-15(22)11-23-2/h3-4,9,12,14-15,20,22H,5-8,10-11H2,1-2H3. The molecule has 6 heteroatoms. The van der Waals surface area contributed by atoms with Crippen molar-refractivity contribution < 1.29 is 14.2 Å². The lowest BCUT2D eigenvalue weighted by atomic mass is 10.0. The van der Waals surface area contributed by atoms with Gasteiger partial charge in [0.05, 0.1) is 12.7 Å². The maximum absolute atomic E-state index is 13.1. The van der Waals surface area contributed by atoms with E-state index in [0.29, 0.717) is 24.2 Å². The Morgan fingerprint density at radius 1 is 1.43 bits per heavy atom. The minimum absolute atomic E-state index is 0.0822. The monoisotopic (exact) mass is 344 g/mol. The van der Waals surface area contributed by atoms with Crippen LogP contribution in [0.15, 0.2) is 18.2 Å². The van der Waals surface area contributed by atoms with E-state index in [2.05, 4.69) is 10.2 Å². The van der Waals surface area contributed by atoms with Crippen LogP contribution >= 0.6 is 11.6 Å². The Morgan fingerprint density at radius 2 is 2.13 bits per heavy atom. The van der Waals surface area contributed by atoms with Crippen LogP contribution in [0.1, 0.15) is 31.4 Å². The van der Waals surface area contributed by atoms with Gasteiger partial charge in [0, 0.05) is 30.8 Å². The van der Waals surface area contributed by atoms with E-state index < -0.39 is 6.10 Å². The van der Waals surface area contributed by atoms with Gasteiger partial charge in [-0.2, -0.15) is 0 Å². The summed E-state index contributed by atoms with van der Waals surface area (Å²) in [4.78, 5) is 2.26. The Kier molecular flexibility index (Phi) is 7.24. The molecule has 1 aromatic rings. The molecule has 0 radical (unpaired) electrons. The minimum atomic E-state index is -0.429. The predicted octanol–water partition coefficient (Wildman–Crippen LogP) is 2.60. The Morgan fingerprint density at radius 3 is 2.74 bits per heavy atom. The number of likely N-dealkylation sites (tertiary alicyclic amines) is 1. The van der Waals surface area contributed by atoms with Gasteiger partial charge in [-0.05, 0) is 50.6 Å². The summed E-state index contributed by atoms with van der Waals surface area (Å²) in [5.74, 6) is -0.311. The molecule has 1 aromatic carbocycles. The molecular formula is C17H26ClFN2O2. The molecule has 130 valence electrons. The van der Waals surface area contributed by atoms with Crippen LogP contribution in [0.25, 0.3) is 0 Å². The van der Waals surface area contributed by atoms with Gasteiger partial charge in [-0.15, -0.1) is 0 Å². The number of aliphatic hydroxyl groups excluding tert-OH is 1. The van der Waals surface area contributed by atoms with E-state index in [4.69, 9.17) is 16.3 Å². The summed E-state index contributed by atoms with van der Waals surface area (Å²) < 4.78 is 18.1. The second-order valence-corrected chi connectivity index (χ2v) is 6.65. The summed E-state index contributed by atoms with van der Waals surface area (Å²) in [5.41, 5.74) is 0.922. The third kappa shape index (κ3) is 5.69. The van der Waals surface area contributed by atoms with Crippen LogP contribution in [0, 0.1) is 5.82 Å². The quantitative estimate of drug-likeness (QED) is 0.798. The Labute approximate surface area is 142 Å². The highest BCUT2D eigenvalue weighted by Crippen LogP contribution is 2.25. The van der Waals surface area contributed by atoms with Crippen LogP contribution < -0.4 is 5.32 Å². The number of halogens is 2. The number of β-amino-alcohol motifs (C(OH)–C–C–N with tert-alkyl or cyclic N) is 1. The van der Waals surface area contributed by atoms with Crippen molar-refractivity contribution in [3.63, 3.8) is 0 Å². The minimum Gasteiger partial charge on any atom is -0.389 e. The normalized spacial score (nSPS) is 19.7. The van der Waals surface area contributed by atoms with Crippen molar-refractivity contribution in [3.05, 3.63) is 34.6 Å². The second-order valence-electron chi connectivity index (χ2n) is 6.24. The first-order chi connectivity index (χ1) is 11.0. The fraction of sp³-hybridized carbons (Fsp3) is 0.647. The van der Waals surface area contributed by atoms with E-state index in [0.717, 1.165) is 31.5 Å². The number of aliphatic hydroxyl groups is 1. The molecule has 0 aliphatic carbocycles. The largest absolute Gasteiger partial charge is 0.389 e. The maximum Gasteiger partial charge on any atom is 0.124 e. The van der Waals surface area contributed by atoms with Crippen molar-refractivity contribution >= 4 is 11.6 Å². The maximum atomic E-state index is 13.1. The van der Waals surface area contributed by atoms with Crippen molar-refractivity contribution in [1.29, 1.82) is 0 Å². The molecule has 0 bridgehead atoms. The lowest BCUT2D eigenvalue weighted by molar-refractivity contribution is 0.0308. The van der Waals surface area contributed by atoms with Crippen LogP contribution in [-0.2, 0) is 4.74 Å². The number of ether oxygens (including phenoxy) is 1. The summed E-state index contributed by atoms with van der Waals surface area (Å²) in [6.45, 7) is 4.97. The molecule has 2 unspecified atom stereocenters. The second kappa shape index (κ2) is 8.94. The van der Waals surface area contributed by atoms with Gasteiger partial charge in [0.1, 0.15) is 5.82 Å². The van der Waals surface area contributed by atoms with Gasteiger partial charge in [-0.3, -0.25) is 0 Å². The topological polar surface area (TPSA) is 44.7 Å². The lowest BCUT2D eigenvalue weighted by Crippen LogP contribution is -2.46. The van der Waals surface area contributed by atoms with Crippen molar-refractivity contribution in [1.82, 2.24) is 10.2 Å². The van der Waals surface area contributed by atoms with E-state index in [1.165, 1.54) is 12.1 Å². The van der Waals surface area contributed by atoms with Crippen LogP contribution in [-0.4, -0.2) is 55.5 Å². The molecule has 2 rings (SSSR count). The van der Waals surface area contributed by atoms with Gasteiger partial charge in [0.2, 0.25) is 0 Å². The van der Waals surface area contributed by atoms with Crippen molar-refractivity contribution in [3.8, 4) is 0 Å².